The van der Waals surface area contributed by atoms with Crippen molar-refractivity contribution in [3.63, 3.8) is 0 Å². The van der Waals surface area contributed by atoms with Gasteiger partial charge in [0.15, 0.2) is 0 Å². The number of hydrogen-bond acceptors (Lipinski definition) is 0. The molecular weight excluding hydrogens is 565 g/mol. The molecule has 0 spiro atoms. The molecule has 210 valence electrons. The van der Waals surface area contributed by atoms with E-state index in [2.05, 4.69) is 135 Å². The molecule has 0 aliphatic rings. The fourth-order valence-electron chi connectivity index (χ4n) is 3.22. The van der Waals surface area contributed by atoms with Crippen LogP contribution in [-0.4, -0.2) is 24.6 Å². The molecule has 0 nitrogen and oxygen atoms in total. The van der Waals surface area contributed by atoms with Gasteiger partial charge in [0.1, 0.15) is 0 Å². The second-order valence-electron chi connectivity index (χ2n) is 8.58. The van der Waals surface area contributed by atoms with Crippen molar-refractivity contribution in [3.05, 3.63) is 128 Å². The molecule has 0 aromatic heterocycles. The zero-order chi connectivity index (χ0) is 26.9. The van der Waals surface area contributed by atoms with Gasteiger partial charge in [-0.05, 0) is 29.4 Å². The van der Waals surface area contributed by atoms with Gasteiger partial charge in [0.25, 0.3) is 0 Å². The van der Waals surface area contributed by atoms with E-state index in [0.29, 0.717) is 0 Å². The van der Waals surface area contributed by atoms with Crippen LogP contribution in [0.3, 0.4) is 0 Å². The van der Waals surface area contributed by atoms with Gasteiger partial charge in [0.05, 0.1) is 0 Å². The Kier molecular flexibility index (Phi) is 38.2. The van der Waals surface area contributed by atoms with Crippen molar-refractivity contribution in [1.82, 2.24) is 0 Å². The first-order valence-corrected chi connectivity index (χ1v) is 18.2. The van der Waals surface area contributed by atoms with Gasteiger partial charge in [-0.2, -0.15) is 18.7 Å². The minimum atomic E-state index is 0. The van der Waals surface area contributed by atoms with E-state index in [1.807, 2.05) is 0 Å². The Balaban J connectivity index is -0.000000592. The molecule has 0 heterocycles. The van der Waals surface area contributed by atoms with E-state index in [1.165, 1.54) is 82.3 Å². The summed E-state index contributed by atoms with van der Waals surface area (Å²) in [6.07, 6.45) is 10.1. The van der Waals surface area contributed by atoms with Gasteiger partial charge < -0.3 is 24.1 Å². The Hall–Kier alpha value is 0.392. The third kappa shape index (κ3) is 25.7. The average Bonchev–Trinajstić information content (AvgIpc) is 2.99. The van der Waals surface area contributed by atoms with Gasteiger partial charge >= 0.3 is 56.6 Å². The van der Waals surface area contributed by atoms with E-state index in [-0.39, 0.29) is 64.0 Å². The van der Waals surface area contributed by atoms with Gasteiger partial charge in [-0.25, -0.2) is 10.6 Å². The summed E-state index contributed by atoms with van der Waals surface area (Å²) in [5.41, 5.74) is 0. The van der Waals surface area contributed by atoms with Crippen molar-refractivity contribution in [3.8, 4) is 0 Å². The molecule has 2 unspecified atom stereocenters. The fourth-order valence-corrected chi connectivity index (χ4v) is 7.88. The smallest absolute Gasteiger partial charge is 0.506 e. The molecule has 0 fully saturated rings. The summed E-state index contributed by atoms with van der Waals surface area (Å²) in [5, 5.41) is 5.86. The van der Waals surface area contributed by atoms with Crippen LogP contribution >= 0.6 is 34.3 Å². The third-order valence-corrected chi connectivity index (χ3v) is 10.4. The van der Waals surface area contributed by atoms with E-state index in [1.54, 1.807) is 0 Å². The van der Waals surface area contributed by atoms with Crippen molar-refractivity contribution in [1.29, 1.82) is 0 Å². The molecule has 0 aliphatic carbocycles. The van der Waals surface area contributed by atoms with Gasteiger partial charge in [-0.1, -0.05) is 159 Å². The van der Waals surface area contributed by atoms with Gasteiger partial charge in [-0.3, -0.25) is 0 Å². The number of unbranched alkanes of at least 4 members (excludes halogenated alkanes) is 1. The summed E-state index contributed by atoms with van der Waals surface area (Å²) in [4.78, 5) is 0. The zero-order valence-electron chi connectivity index (χ0n) is 25.8. The molecule has 0 radical (unpaired) electrons. The van der Waals surface area contributed by atoms with Crippen LogP contribution in [0.1, 0.15) is 40.0 Å². The predicted octanol–water partition coefficient (Wildman–Crippen LogP) is 0.573. The van der Waals surface area contributed by atoms with Crippen LogP contribution in [0.2, 0.25) is 0 Å². The first-order valence-electron chi connectivity index (χ1n) is 13.6. The maximum atomic E-state index is 3.60. The number of rotatable bonds is 13. The van der Waals surface area contributed by atoms with Crippen LogP contribution < -0.4 is 77.8 Å². The second kappa shape index (κ2) is 34.3. The Morgan fingerprint density at radius 3 is 1.14 bits per heavy atom. The quantitative estimate of drug-likeness (QED) is 0.0898. The molecule has 0 saturated carbocycles. The van der Waals surface area contributed by atoms with Crippen molar-refractivity contribution >= 4 is 55.5 Å². The SMILES string of the molecule is C.[CH2-]CCC.[Li+].[Li+].[Li+].c1ccc(PCCCPc2ccccc2)cc1.c1ccc([P-]CCC[P-]c2ccccc2)cc1. The Bertz CT molecular complexity index is 871. The van der Waals surface area contributed by atoms with Crippen LogP contribution in [0.5, 0.6) is 0 Å². The third-order valence-electron chi connectivity index (χ3n) is 5.33. The second-order valence-corrected chi connectivity index (χ2v) is 14.0. The Morgan fingerprint density at radius 1 is 0.524 bits per heavy atom. The summed E-state index contributed by atoms with van der Waals surface area (Å²) in [7, 11) is 4.87. The standard InChI is InChI=1S/C15H18P2.C15H16P2.C4H9.CH4.3Li/c2*1-3-8-14(9-4-1)16-12-7-13-17-15-10-5-2-6-11-15;1-3-4-2;;;;/h1-6,8-11,16-17H,7,12-13H2;1-6,8-11H,7,12-13H2;1,3-4H2,2H3;1H4;;;/q;-2;-1;;3*+1. The molecule has 2 atom stereocenters. The first kappa shape index (κ1) is 46.8. The Morgan fingerprint density at radius 2 is 0.833 bits per heavy atom. The maximum absolute atomic E-state index is 3.60. The topological polar surface area (TPSA) is 0 Å². The van der Waals surface area contributed by atoms with Crippen LogP contribution in [0.25, 0.3) is 0 Å². The molecule has 0 bridgehead atoms. The van der Waals surface area contributed by atoms with Crippen LogP contribution in [0.4, 0.5) is 0 Å². The molecule has 0 aliphatic heterocycles. The summed E-state index contributed by atoms with van der Waals surface area (Å²) in [6, 6.07) is 43.1. The van der Waals surface area contributed by atoms with Crippen LogP contribution in [0.15, 0.2) is 121 Å². The van der Waals surface area contributed by atoms with Gasteiger partial charge in [0, 0.05) is 0 Å². The Labute approximate surface area is 302 Å². The molecular formula is C35H47Li3P4. The number of hydrogen-bond donors (Lipinski definition) is 0. The summed E-state index contributed by atoms with van der Waals surface area (Å²) < 4.78 is 0. The van der Waals surface area contributed by atoms with E-state index < -0.39 is 0 Å². The number of benzene rings is 4. The molecule has 7 heteroatoms. The minimum Gasteiger partial charge on any atom is -0.506 e. The van der Waals surface area contributed by atoms with Crippen LogP contribution in [0, 0.1) is 6.92 Å². The van der Waals surface area contributed by atoms with Gasteiger partial charge in [0.2, 0.25) is 0 Å². The molecule has 4 aromatic carbocycles. The van der Waals surface area contributed by atoms with Crippen molar-refractivity contribution in [2.45, 2.75) is 40.0 Å². The van der Waals surface area contributed by atoms with E-state index in [4.69, 9.17) is 0 Å². The van der Waals surface area contributed by atoms with Crippen LogP contribution in [-0.2, 0) is 0 Å². The molecule has 0 amide bonds. The van der Waals surface area contributed by atoms with Crippen molar-refractivity contribution in [2.24, 2.45) is 0 Å². The molecule has 42 heavy (non-hydrogen) atoms. The van der Waals surface area contributed by atoms with Crippen molar-refractivity contribution < 1.29 is 56.6 Å². The monoisotopic (exact) mass is 612 g/mol. The normalized spacial score (nSPS) is 10.2. The molecule has 0 saturated heterocycles. The summed E-state index contributed by atoms with van der Waals surface area (Å²) in [6.45, 7) is 5.72. The van der Waals surface area contributed by atoms with Crippen molar-refractivity contribution in [2.75, 3.05) is 24.6 Å². The average molecular weight is 612 g/mol. The summed E-state index contributed by atoms with van der Waals surface area (Å²) >= 11 is 0. The van der Waals surface area contributed by atoms with Gasteiger partial charge in [-0.15, -0.1) is 6.42 Å². The first-order chi connectivity index (χ1) is 18.8. The van der Waals surface area contributed by atoms with E-state index >= 15 is 0 Å². The molecule has 4 rings (SSSR count). The predicted molar refractivity (Wildman–Crippen MR) is 190 cm³/mol. The molecule has 4 aromatic rings. The fraction of sp³-hybridized carbons (Fsp3) is 0.286. The largest absolute Gasteiger partial charge is 1.00 e. The molecule has 0 N–H and O–H groups in total. The minimum absolute atomic E-state index is 0. The maximum Gasteiger partial charge on any atom is 1.00 e. The zero-order valence-corrected chi connectivity index (χ0v) is 29.6. The summed E-state index contributed by atoms with van der Waals surface area (Å²) in [5.74, 6) is 0. The van der Waals surface area contributed by atoms with E-state index in [9.17, 15) is 0 Å². The van der Waals surface area contributed by atoms with E-state index in [0.717, 1.165) is 23.6 Å².